The maximum Gasteiger partial charge on any atom is 0.145 e. The Labute approximate surface area is 85.2 Å². The minimum Gasteiger partial charge on any atom is -0.298 e. The van der Waals surface area contributed by atoms with Crippen molar-refractivity contribution in [3.8, 4) is 0 Å². The highest BCUT2D eigenvalue weighted by Crippen LogP contribution is 2.41. The average Bonchev–Trinajstić information content (AvgIpc) is 2.59. The molecule has 0 aliphatic heterocycles. The minimum atomic E-state index is 0.574. The maximum atomic E-state index is 10.7. The number of allylic oxidation sites excluding steroid dienone is 6. The van der Waals surface area contributed by atoms with Crippen molar-refractivity contribution in [2.45, 2.75) is 26.7 Å². The molecule has 0 fully saturated rings. The fourth-order valence-corrected chi connectivity index (χ4v) is 2.48. The summed E-state index contributed by atoms with van der Waals surface area (Å²) in [5.74, 6) is 1.22. The number of hydrogen-bond donors (Lipinski definition) is 0. The number of carbonyl (C=O) groups excluding carboxylic acids is 1. The van der Waals surface area contributed by atoms with Crippen LogP contribution in [-0.4, -0.2) is 6.29 Å². The van der Waals surface area contributed by atoms with E-state index in [-0.39, 0.29) is 0 Å². The second-order valence-electron chi connectivity index (χ2n) is 4.42. The molecule has 1 nitrogen and oxygen atoms in total. The summed E-state index contributed by atoms with van der Waals surface area (Å²) in [5, 5.41) is 0. The van der Waals surface area contributed by atoms with E-state index in [1.807, 2.05) is 0 Å². The zero-order valence-electron chi connectivity index (χ0n) is 8.79. The van der Waals surface area contributed by atoms with Crippen molar-refractivity contribution in [3.63, 3.8) is 0 Å². The summed E-state index contributed by atoms with van der Waals surface area (Å²) in [5.41, 5.74) is 3.82. The van der Waals surface area contributed by atoms with Crippen molar-refractivity contribution >= 4 is 6.29 Å². The van der Waals surface area contributed by atoms with Crippen LogP contribution < -0.4 is 0 Å². The zero-order chi connectivity index (χ0) is 10.1. The van der Waals surface area contributed by atoms with E-state index in [2.05, 4.69) is 32.1 Å². The van der Waals surface area contributed by atoms with E-state index < -0.39 is 0 Å². The molecule has 74 valence electrons. The van der Waals surface area contributed by atoms with Gasteiger partial charge < -0.3 is 0 Å². The molecule has 0 unspecified atom stereocenters. The molecule has 2 aliphatic rings. The molecular formula is C13H16O. The first-order valence-electron chi connectivity index (χ1n) is 5.22. The average molecular weight is 188 g/mol. The van der Waals surface area contributed by atoms with Crippen LogP contribution in [0.1, 0.15) is 26.7 Å². The molecule has 0 saturated carbocycles. The second-order valence-corrected chi connectivity index (χ2v) is 4.42. The molecule has 2 atom stereocenters. The zero-order valence-corrected chi connectivity index (χ0v) is 8.79. The molecule has 0 saturated heterocycles. The Kier molecular flexibility index (Phi) is 2.40. The van der Waals surface area contributed by atoms with Crippen molar-refractivity contribution in [1.29, 1.82) is 0 Å². The third-order valence-electron chi connectivity index (χ3n) is 3.28. The van der Waals surface area contributed by atoms with E-state index in [1.165, 1.54) is 11.1 Å². The van der Waals surface area contributed by atoms with Crippen LogP contribution >= 0.6 is 0 Å². The van der Waals surface area contributed by atoms with Crippen LogP contribution in [0.3, 0.4) is 0 Å². The number of rotatable bonds is 1. The van der Waals surface area contributed by atoms with Gasteiger partial charge in [0, 0.05) is 0 Å². The van der Waals surface area contributed by atoms with Gasteiger partial charge in [0.2, 0.25) is 0 Å². The molecule has 2 aliphatic carbocycles. The largest absolute Gasteiger partial charge is 0.298 e. The maximum absolute atomic E-state index is 10.7. The highest BCUT2D eigenvalue weighted by atomic mass is 16.1. The summed E-state index contributed by atoms with van der Waals surface area (Å²) < 4.78 is 0. The van der Waals surface area contributed by atoms with Crippen LogP contribution in [0.15, 0.2) is 34.9 Å². The number of carbonyl (C=O) groups is 1. The van der Waals surface area contributed by atoms with E-state index >= 15 is 0 Å². The number of aldehydes is 1. The lowest BCUT2D eigenvalue weighted by Gasteiger charge is -2.25. The molecule has 1 heteroatoms. The summed E-state index contributed by atoms with van der Waals surface area (Å²) in [6, 6.07) is 0. The van der Waals surface area contributed by atoms with Gasteiger partial charge in [-0.2, -0.15) is 0 Å². The fourth-order valence-electron chi connectivity index (χ4n) is 2.48. The van der Waals surface area contributed by atoms with Crippen LogP contribution in [0.4, 0.5) is 0 Å². The van der Waals surface area contributed by atoms with Gasteiger partial charge in [0.05, 0.1) is 0 Å². The van der Waals surface area contributed by atoms with Gasteiger partial charge in [-0.25, -0.2) is 0 Å². The molecule has 2 rings (SSSR count). The van der Waals surface area contributed by atoms with Gasteiger partial charge in [0.15, 0.2) is 0 Å². The van der Waals surface area contributed by atoms with Gasteiger partial charge in [-0.1, -0.05) is 23.8 Å². The van der Waals surface area contributed by atoms with Gasteiger partial charge in [-0.3, -0.25) is 4.79 Å². The Hall–Kier alpha value is -1.11. The van der Waals surface area contributed by atoms with Crippen molar-refractivity contribution in [2.75, 3.05) is 0 Å². The van der Waals surface area contributed by atoms with Crippen molar-refractivity contribution in [3.05, 3.63) is 34.9 Å². The van der Waals surface area contributed by atoms with Gasteiger partial charge in [-0.15, -0.1) is 0 Å². The van der Waals surface area contributed by atoms with Gasteiger partial charge in [0.1, 0.15) is 6.29 Å². The van der Waals surface area contributed by atoms with Crippen LogP contribution in [0.2, 0.25) is 0 Å². The van der Waals surface area contributed by atoms with Crippen molar-refractivity contribution in [2.24, 2.45) is 11.8 Å². The molecule has 0 aromatic heterocycles. The summed E-state index contributed by atoms with van der Waals surface area (Å²) in [6.45, 7) is 4.31. The Morgan fingerprint density at radius 1 is 1.50 bits per heavy atom. The third-order valence-corrected chi connectivity index (χ3v) is 3.28. The first-order valence-corrected chi connectivity index (χ1v) is 5.22. The van der Waals surface area contributed by atoms with E-state index in [1.54, 1.807) is 0 Å². The summed E-state index contributed by atoms with van der Waals surface area (Å²) in [4.78, 5) is 10.7. The quantitative estimate of drug-likeness (QED) is 0.578. The van der Waals surface area contributed by atoms with E-state index in [4.69, 9.17) is 0 Å². The van der Waals surface area contributed by atoms with Crippen LogP contribution in [0.5, 0.6) is 0 Å². The molecular weight excluding hydrogens is 172 g/mol. The molecule has 14 heavy (non-hydrogen) atoms. The fraction of sp³-hybridized carbons (Fsp3) is 0.462. The molecule has 0 heterocycles. The topological polar surface area (TPSA) is 17.1 Å². The van der Waals surface area contributed by atoms with Gasteiger partial charge >= 0.3 is 0 Å². The lowest BCUT2D eigenvalue weighted by Crippen LogP contribution is -2.15. The Morgan fingerprint density at radius 3 is 2.93 bits per heavy atom. The number of hydrogen-bond acceptors (Lipinski definition) is 1. The SMILES string of the molecule is CC(C)=C1C=C[C@@H]2CC=C(C=O)C[C@H]12. The van der Waals surface area contributed by atoms with Crippen LogP contribution in [0.25, 0.3) is 0 Å². The highest BCUT2D eigenvalue weighted by molar-refractivity contribution is 5.73. The minimum absolute atomic E-state index is 0.574. The smallest absolute Gasteiger partial charge is 0.145 e. The molecule has 0 bridgehead atoms. The van der Waals surface area contributed by atoms with Gasteiger partial charge in [0.25, 0.3) is 0 Å². The third kappa shape index (κ3) is 1.47. The first-order chi connectivity index (χ1) is 6.72. The van der Waals surface area contributed by atoms with Crippen LogP contribution in [-0.2, 0) is 4.79 Å². The lowest BCUT2D eigenvalue weighted by molar-refractivity contribution is -0.105. The molecule has 0 aromatic carbocycles. The standard InChI is InChI=1S/C13H16O/c1-9(2)12-6-5-11-4-3-10(8-14)7-13(11)12/h3,5-6,8,11,13H,4,7H2,1-2H3/t11-,13-/m0/s1. The molecule has 0 N–H and O–H groups in total. The second kappa shape index (κ2) is 3.56. The lowest BCUT2D eigenvalue weighted by atomic mass is 9.79. The molecule has 0 radical (unpaired) electrons. The van der Waals surface area contributed by atoms with E-state index in [0.717, 1.165) is 24.7 Å². The number of fused-ring (bicyclic) bond motifs is 1. The highest BCUT2D eigenvalue weighted by Gasteiger charge is 2.30. The van der Waals surface area contributed by atoms with E-state index in [9.17, 15) is 4.79 Å². The monoisotopic (exact) mass is 188 g/mol. The molecule has 0 aromatic rings. The summed E-state index contributed by atoms with van der Waals surface area (Å²) >= 11 is 0. The predicted molar refractivity (Wildman–Crippen MR) is 57.9 cm³/mol. The predicted octanol–water partition coefficient (Wildman–Crippen LogP) is 3.04. The van der Waals surface area contributed by atoms with E-state index in [0.29, 0.717) is 11.8 Å². The Balaban J connectivity index is 2.27. The summed E-state index contributed by atoms with van der Waals surface area (Å²) in [7, 11) is 0. The molecule has 0 amide bonds. The Bertz CT molecular complexity index is 340. The summed E-state index contributed by atoms with van der Waals surface area (Å²) in [6.07, 6.45) is 9.61. The van der Waals surface area contributed by atoms with Crippen LogP contribution in [0, 0.1) is 11.8 Å². The normalized spacial score (nSPS) is 29.9. The first kappa shape index (κ1) is 9.45. The van der Waals surface area contributed by atoms with Crippen molar-refractivity contribution < 1.29 is 4.79 Å². The Morgan fingerprint density at radius 2 is 2.29 bits per heavy atom. The molecule has 0 spiro atoms. The van der Waals surface area contributed by atoms with Gasteiger partial charge in [-0.05, 0) is 49.7 Å². The van der Waals surface area contributed by atoms with Crippen molar-refractivity contribution in [1.82, 2.24) is 0 Å².